The van der Waals surface area contributed by atoms with Gasteiger partial charge >= 0.3 is 10.3 Å². The Hall–Kier alpha value is -1.91. The lowest BCUT2D eigenvalue weighted by atomic mass is 9.99. The third-order valence-corrected chi connectivity index (χ3v) is 4.83. The van der Waals surface area contributed by atoms with Crippen molar-refractivity contribution in [1.29, 1.82) is 0 Å². The molecule has 0 aromatic heterocycles. The molecule has 1 aromatic carbocycles. The zero-order valence-electron chi connectivity index (χ0n) is 16.0. The lowest BCUT2D eigenvalue weighted by Crippen LogP contribution is -2.45. The van der Waals surface area contributed by atoms with Gasteiger partial charge in [0.1, 0.15) is 5.75 Å². The van der Waals surface area contributed by atoms with Crippen LogP contribution < -0.4 is 14.8 Å². The maximum Gasteiger partial charge on any atom is 0.357 e. The van der Waals surface area contributed by atoms with Crippen molar-refractivity contribution in [2.24, 2.45) is 5.92 Å². The number of thiocarbonyl (C=S) groups is 1. The maximum atomic E-state index is 12.8. The van der Waals surface area contributed by atoms with Crippen LogP contribution in [0.3, 0.4) is 0 Å². The summed E-state index contributed by atoms with van der Waals surface area (Å²) in [6.07, 6.45) is 2.15. The van der Waals surface area contributed by atoms with Crippen LogP contribution in [0.25, 0.3) is 0 Å². The van der Waals surface area contributed by atoms with Crippen LogP contribution in [0, 0.1) is 5.92 Å². The Balaban J connectivity index is 2.99. The summed E-state index contributed by atoms with van der Waals surface area (Å²) in [5.41, 5.74) is 0.819. The van der Waals surface area contributed by atoms with Crippen LogP contribution in [-0.4, -0.2) is 49.6 Å². The van der Waals surface area contributed by atoms with Crippen molar-refractivity contribution in [2.75, 3.05) is 25.4 Å². The van der Waals surface area contributed by atoms with Gasteiger partial charge in [-0.15, -0.1) is 0 Å². The van der Waals surface area contributed by atoms with Crippen LogP contribution in [0.1, 0.15) is 32.3 Å². The highest BCUT2D eigenvalue weighted by atomic mass is 32.2. The molecule has 8 nitrogen and oxygen atoms in total. The van der Waals surface area contributed by atoms with Crippen molar-refractivity contribution < 1.29 is 22.5 Å². The summed E-state index contributed by atoms with van der Waals surface area (Å²) in [6, 6.07) is 4.85. The smallest absolute Gasteiger partial charge is 0.357 e. The summed E-state index contributed by atoms with van der Waals surface area (Å²) in [7, 11) is -1.37. The number of benzene rings is 1. The second kappa shape index (κ2) is 10.4. The Labute approximate surface area is 166 Å². The highest BCUT2D eigenvalue weighted by Crippen LogP contribution is 2.27. The first-order valence-corrected chi connectivity index (χ1v) is 10.4. The van der Waals surface area contributed by atoms with Gasteiger partial charge in [0.25, 0.3) is 0 Å². The van der Waals surface area contributed by atoms with Crippen LogP contribution in [0.2, 0.25) is 0 Å². The molecule has 1 aromatic rings. The van der Waals surface area contributed by atoms with Crippen LogP contribution >= 0.6 is 12.2 Å². The number of hydrogen-bond acceptors (Lipinski definition) is 5. The van der Waals surface area contributed by atoms with E-state index in [1.165, 1.54) is 13.2 Å². The second-order valence-corrected chi connectivity index (χ2v) is 7.66. The van der Waals surface area contributed by atoms with E-state index in [1.54, 1.807) is 31.0 Å². The van der Waals surface area contributed by atoms with Gasteiger partial charge in [-0.2, -0.15) is 8.42 Å². The van der Waals surface area contributed by atoms with Crippen LogP contribution in [0.5, 0.6) is 5.75 Å². The number of methoxy groups -OCH3 is 1. The van der Waals surface area contributed by atoms with E-state index in [-0.39, 0.29) is 23.3 Å². The Morgan fingerprint density at radius 3 is 2.59 bits per heavy atom. The normalized spacial score (nSPS) is 12.2. The zero-order valence-corrected chi connectivity index (χ0v) is 17.6. The molecule has 0 aliphatic heterocycles. The number of amides is 1. The molecule has 0 aliphatic rings. The van der Waals surface area contributed by atoms with Crippen molar-refractivity contribution in [3.63, 3.8) is 0 Å². The van der Waals surface area contributed by atoms with E-state index in [2.05, 4.69) is 5.32 Å². The monoisotopic (exact) mass is 417 g/mol. The summed E-state index contributed by atoms with van der Waals surface area (Å²) < 4.78 is 38.3. The average molecular weight is 418 g/mol. The number of hydrogen-bond donors (Lipinski definition) is 3. The van der Waals surface area contributed by atoms with E-state index < -0.39 is 10.3 Å². The highest BCUT2D eigenvalue weighted by Gasteiger charge is 2.23. The van der Waals surface area contributed by atoms with Gasteiger partial charge in [-0.05, 0) is 42.8 Å². The Bertz CT molecular complexity index is 768. The minimum absolute atomic E-state index is 0.103. The van der Waals surface area contributed by atoms with Crippen molar-refractivity contribution in [3.05, 3.63) is 23.8 Å². The van der Waals surface area contributed by atoms with E-state index in [4.69, 9.17) is 21.5 Å². The second-order valence-electron chi connectivity index (χ2n) is 6.12. The number of nitrogens with zero attached hydrogens (tertiary/aromatic N) is 1. The number of nitrogens with one attached hydrogen (secondary N) is 2. The quantitative estimate of drug-likeness (QED) is 0.418. The number of ether oxygens (including phenoxy) is 1. The fourth-order valence-corrected chi connectivity index (χ4v) is 3.19. The van der Waals surface area contributed by atoms with Gasteiger partial charge < -0.3 is 10.1 Å². The standard InChI is InChI=1S/C17H27N3O5S2/c1-5-6-9-20(17(26)18-3)16(21)12(2)10-13-7-8-15(25-4)14(11-13)19-27(22,23)24/h7-8,11-12,19H,5-6,9-10H2,1-4H3,(H,18,26)(H,22,23,24). The number of carbonyl (C=O) groups is 1. The van der Waals surface area contributed by atoms with Gasteiger partial charge in [0.2, 0.25) is 5.91 Å². The molecule has 10 heteroatoms. The molecule has 1 amide bonds. The van der Waals surface area contributed by atoms with E-state index in [1.807, 2.05) is 11.6 Å². The summed E-state index contributed by atoms with van der Waals surface area (Å²) in [6.45, 7) is 4.37. The van der Waals surface area contributed by atoms with Gasteiger partial charge in [0.15, 0.2) is 5.11 Å². The molecule has 0 bridgehead atoms. The van der Waals surface area contributed by atoms with Crippen LogP contribution in [-0.2, 0) is 21.5 Å². The molecule has 1 atom stereocenters. The van der Waals surface area contributed by atoms with E-state index in [9.17, 15) is 13.2 Å². The molecule has 1 unspecified atom stereocenters. The predicted molar refractivity (Wildman–Crippen MR) is 109 cm³/mol. The van der Waals surface area contributed by atoms with Gasteiger partial charge in [0.05, 0.1) is 12.8 Å². The van der Waals surface area contributed by atoms with E-state index in [0.717, 1.165) is 12.8 Å². The van der Waals surface area contributed by atoms with Gasteiger partial charge in [-0.3, -0.25) is 19.0 Å². The van der Waals surface area contributed by atoms with Gasteiger partial charge in [-0.1, -0.05) is 26.3 Å². The van der Waals surface area contributed by atoms with Crippen molar-refractivity contribution >= 4 is 39.2 Å². The molecule has 152 valence electrons. The van der Waals surface area contributed by atoms with E-state index >= 15 is 0 Å². The minimum atomic E-state index is -4.44. The summed E-state index contributed by atoms with van der Waals surface area (Å²) in [5.74, 6) is -0.223. The van der Waals surface area contributed by atoms with Crippen LogP contribution in [0.15, 0.2) is 18.2 Å². The molecular weight excluding hydrogens is 390 g/mol. The number of anilines is 1. The lowest BCUT2D eigenvalue weighted by Gasteiger charge is -2.26. The Morgan fingerprint density at radius 1 is 1.41 bits per heavy atom. The fourth-order valence-electron chi connectivity index (χ4n) is 2.57. The average Bonchev–Trinajstić information content (AvgIpc) is 2.60. The first-order valence-electron chi connectivity index (χ1n) is 8.58. The molecular formula is C17H27N3O5S2. The van der Waals surface area contributed by atoms with Gasteiger partial charge in [0, 0.05) is 19.5 Å². The number of rotatable bonds is 9. The molecule has 0 saturated carbocycles. The SMILES string of the molecule is CCCCN(C(=O)C(C)Cc1ccc(OC)c(NS(=O)(=O)O)c1)C(=S)NC. The first kappa shape index (κ1) is 23.1. The largest absolute Gasteiger partial charge is 0.495 e. The summed E-state index contributed by atoms with van der Waals surface area (Å²) >= 11 is 5.24. The maximum absolute atomic E-state index is 12.8. The highest BCUT2D eigenvalue weighted by molar-refractivity contribution is 7.87. The summed E-state index contributed by atoms with van der Waals surface area (Å²) in [4.78, 5) is 14.4. The molecule has 1 rings (SSSR count). The summed E-state index contributed by atoms with van der Waals surface area (Å²) in [5, 5.41) is 3.22. The third-order valence-electron chi connectivity index (χ3n) is 3.93. The number of unbranched alkanes of at least 4 members (excludes halogenated alkanes) is 1. The minimum Gasteiger partial charge on any atom is -0.495 e. The van der Waals surface area contributed by atoms with Crippen molar-refractivity contribution in [1.82, 2.24) is 10.2 Å². The molecule has 0 radical (unpaired) electrons. The zero-order chi connectivity index (χ0) is 20.6. The predicted octanol–water partition coefficient (Wildman–Crippen LogP) is 2.22. The molecule has 0 saturated heterocycles. The molecule has 0 fully saturated rings. The van der Waals surface area contributed by atoms with Crippen molar-refractivity contribution in [2.45, 2.75) is 33.1 Å². The molecule has 0 heterocycles. The van der Waals surface area contributed by atoms with Gasteiger partial charge in [-0.25, -0.2) is 0 Å². The van der Waals surface area contributed by atoms with Crippen molar-refractivity contribution in [3.8, 4) is 5.75 Å². The molecule has 0 aliphatic carbocycles. The third kappa shape index (κ3) is 7.31. The molecule has 0 spiro atoms. The Kier molecular flexibility index (Phi) is 8.94. The number of carbonyl (C=O) groups excluding carboxylic acids is 1. The van der Waals surface area contributed by atoms with Crippen LogP contribution in [0.4, 0.5) is 5.69 Å². The Morgan fingerprint density at radius 2 is 2.07 bits per heavy atom. The lowest BCUT2D eigenvalue weighted by molar-refractivity contribution is -0.131. The topological polar surface area (TPSA) is 108 Å². The molecule has 27 heavy (non-hydrogen) atoms. The first-order chi connectivity index (χ1) is 12.6. The molecule has 3 N–H and O–H groups in total. The fraction of sp³-hybridized carbons (Fsp3) is 0.529. The van der Waals surface area contributed by atoms with E-state index in [0.29, 0.717) is 23.6 Å².